The summed E-state index contributed by atoms with van der Waals surface area (Å²) in [4.78, 5) is 11.8. The fourth-order valence-corrected chi connectivity index (χ4v) is 2.25. The van der Waals surface area contributed by atoms with Gasteiger partial charge >= 0.3 is 0 Å². The Balaban J connectivity index is 2.35. The number of ether oxygens (including phenoxy) is 1. The van der Waals surface area contributed by atoms with Crippen LogP contribution in [0.3, 0.4) is 0 Å². The van der Waals surface area contributed by atoms with Crippen LogP contribution in [0, 0.1) is 0 Å². The van der Waals surface area contributed by atoms with E-state index >= 15 is 0 Å². The highest BCUT2D eigenvalue weighted by atomic mass is 16.5. The van der Waals surface area contributed by atoms with E-state index in [0.717, 1.165) is 24.8 Å². The summed E-state index contributed by atoms with van der Waals surface area (Å²) >= 11 is 0. The second kappa shape index (κ2) is 9.40. The van der Waals surface area contributed by atoms with E-state index in [9.17, 15) is 15.0 Å². The monoisotopic (exact) mass is 294 g/mol. The van der Waals surface area contributed by atoms with Crippen molar-refractivity contribution in [2.24, 2.45) is 0 Å². The standard InChI is InChI=1S/C17H26O4/c1-3-4-5-6-14(18)11-15(19)9-7-13-8-10-16(21-2)12-17(13)20/h8,10,12,14,18,20H,3-7,9,11H2,1-2H3. The van der Waals surface area contributed by atoms with Crippen molar-refractivity contribution in [2.75, 3.05) is 7.11 Å². The molecule has 0 amide bonds. The van der Waals surface area contributed by atoms with Gasteiger partial charge in [0.25, 0.3) is 0 Å². The van der Waals surface area contributed by atoms with Crippen molar-refractivity contribution in [3.8, 4) is 11.5 Å². The zero-order valence-electron chi connectivity index (χ0n) is 13.0. The van der Waals surface area contributed by atoms with Crippen LogP contribution < -0.4 is 4.74 Å². The molecule has 1 unspecified atom stereocenters. The molecule has 0 aromatic heterocycles. The number of hydrogen-bond donors (Lipinski definition) is 2. The minimum absolute atomic E-state index is 0.0363. The van der Waals surface area contributed by atoms with Gasteiger partial charge in [-0.05, 0) is 24.5 Å². The van der Waals surface area contributed by atoms with Gasteiger partial charge in [0.2, 0.25) is 0 Å². The molecule has 0 aliphatic carbocycles. The maximum Gasteiger partial charge on any atom is 0.135 e. The highest BCUT2D eigenvalue weighted by molar-refractivity contribution is 5.79. The molecule has 1 atom stereocenters. The van der Waals surface area contributed by atoms with E-state index < -0.39 is 6.10 Å². The number of carbonyl (C=O) groups excluding carboxylic acids is 1. The molecule has 1 aromatic rings. The average Bonchev–Trinajstić information content (AvgIpc) is 2.46. The van der Waals surface area contributed by atoms with Crippen molar-refractivity contribution in [3.05, 3.63) is 23.8 Å². The van der Waals surface area contributed by atoms with E-state index in [1.54, 1.807) is 18.2 Å². The van der Waals surface area contributed by atoms with Crippen LogP contribution in [0.2, 0.25) is 0 Å². The van der Waals surface area contributed by atoms with Gasteiger partial charge in [-0.3, -0.25) is 4.79 Å². The van der Waals surface area contributed by atoms with Gasteiger partial charge in [-0.2, -0.15) is 0 Å². The fourth-order valence-electron chi connectivity index (χ4n) is 2.25. The number of aliphatic hydroxyl groups excluding tert-OH is 1. The molecule has 0 saturated carbocycles. The molecule has 1 rings (SSSR count). The molecule has 0 radical (unpaired) electrons. The predicted molar refractivity (Wildman–Crippen MR) is 82.8 cm³/mol. The Morgan fingerprint density at radius 1 is 1.33 bits per heavy atom. The number of aromatic hydroxyl groups is 1. The van der Waals surface area contributed by atoms with Crippen LogP contribution in [-0.2, 0) is 11.2 Å². The van der Waals surface area contributed by atoms with Crippen LogP contribution in [-0.4, -0.2) is 29.2 Å². The Kier molecular flexibility index (Phi) is 7.83. The molecule has 4 heteroatoms. The first kappa shape index (κ1) is 17.5. The van der Waals surface area contributed by atoms with E-state index in [2.05, 4.69) is 6.92 Å². The molecule has 4 nitrogen and oxygen atoms in total. The minimum atomic E-state index is -0.534. The Labute approximate surface area is 126 Å². The summed E-state index contributed by atoms with van der Waals surface area (Å²) in [6, 6.07) is 5.07. The van der Waals surface area contributed by atoms with Crippen LogP contribution in [0.15, 0.2) is 18.2 Å². The molecule has 0 bridgehead atoms. The lowest BCUT2D eigenvalue weighted by Gasteiger charge is -2.10. The van der Waals surface area contributed by atoms with Gasteiger partial charge in [0.15, 0.2) is 0 Å². The number of phenols is 1. The molecule has 0 fully saturated rings. The lowest BCUT2D eigenvalue weighted by atomic mass is 10.0. The van der Waals surface area contributed by atoms with Crippen molar-refractivity contribution in [1.82, 2.24) is 0 Å². The number of rotatable bonds is 10. The quantitative estimate of drug-likeness (QED) is 0.650. The van der Waals surface area contributed by atoms with Crippen LogP contribution in [0.1, 0.15) is 51.0 Å². The number of phenolic OH excluding ortho intramolecular Hbond substituents is 1. The number of methoxy groups -OCH3 is 1. The van der Waals surface area contributed by atoms with Crippen molar-refractivity contribution < 1.29 is 19.7 Å². The summed E-state index contributed by atoms with van der Waals surface area (Å²) < 4.78 is 5.01. The molecule has 118 valence electrons. The number of aliphatic hydroxyl groups is 1. The van der Waals surface area contributed by atoms with Crippen molar-refractivity contribution in [3.63, 3.8) is 0 Å². The molecule has 21 heavy (non-hydrogen) atoms. The highest BCUT2D eigenvalue weighted by Gasteiger charge is 2.12. The van der Waals surface area contributed by atoms with E-state index in [1.165, 1.54) is 7.11 Å². The number of ketones is 1. The van der Waals surface area contributed by atoms with Gasteiger partial charge in [0.1, 0.15) is 17.3 Å². The SMILES string of the molecule is CCCCCC(O)CC(=O)CCc1ccc(OC)cc1O. The number of hydrogen-bond acceptors (Lipinski definition) is 4. The number of carbonyl (C=O) groups is 1. The zero-order valence-corrected chi connectivity index (χ0v) is 13.0. The molecular formula is C17H26O4. The molecule has 2 N–H and O–H groups in total. The number of Topliss-reactive ketones (excluding diaryl/α,β-unsaturated/α-hetero) is 1. The lowest BCUT2D eigenvalue weighted by molar-refractivity contribution is -0.121. The van der Waals surface area contributed by atoms with Crippen molar-refractivity contribution in [2.45, 2.75) is 58.0 Å². The zero-order chi connectivity index (χ0) is 15.7. The number of benzene rings is 1. The summed E-state index contributed by atoms with van der Waals surface area (Å²) in [5.41, 5.74) is 0.727. The number of unbranched alkanes of at least 4 members (excludes halogenated alkanes) is 2. The predicted octanol–water partition coefficient (Wildman–Crippen LogP) is 3.23. The third-order valence-corrected chi connectivity index (χ3v) is 3.57. The fraction of sp³-hybridized carbons (Fsp3) is 0.588. The summed E-state index contributed by atoms with van der Waals surface area (Å²) in [7, 11) is 1.54. The average molecular weight is 294 g/mol. The Hall–Kier alpha value is -1.55. The molecular weight excluding hydrogens is 268 g/mol. The van der Waals surface area contributed by atoms with Crippen LogP contribution in [0.5, 0.6) is 11.5 Å². The summed E-state index contributed by atoms with van der Waals surface area (Å²) in [6.07, 6.45) is 4.34. The van der Waals surface area contributed by atoms with Gasteiger partial charge in [-0.25, -0.2) is 0 Å². The van der Waals surface area contributed by atoms with E-state index in [1.807, 2.05) is 0 Å². The smallest absolute Gasteiger partial charge is 0.135 e. The van der Waals surface area contributed by atoms with Crippen LogP contribution in [0.25, 0.3) is 0 Å². The summed E-state index contributed by atoms with van der Waals surface area (Å²) in [5, 5.41) is 19.6. The first-order valence-corrected chi connectivity index (χ1v) is 7.62. The molecule has 1 aromatic carbocycles. The summed E-state index contributed by atoms with van der Waals surface area (Å²) in [6.45, 7) is 2.11. The van der Waals surface area contributed by atoms with Crippen LogP contribution >= 0.6 is 0 Å². The van der Waals surface area contributed by atoms with Gasteiger partial charge in [-0.1, -0.05) is 32.3 Å². The summed E-state index contributed by atoms with van der Waals surface area (Å²) in [5.74, 6) is 0.772. The third kappa shape index (κ3) is 6.63. The Morgan fingerprint density at radius 2 is 2.10 bits per heavy atom. The Morgan fingerprint density at radius 3 is 2.71 bits per heavy atom. The molecule has 0 aliphatic heterocycles. The first-order chi connectivity index (χ1) is 10.1. The maximum absolute atomic E-state index is 11.8. The first-order valence-electron chi connectivity index (χ1n) is 7.62. The largest absolute Gasteiger partial charge is 0.508 e. The molecule has 0 spiro atoms. The highest BCUT2D eigenvalue weighted by Crippen LogP contribution is 2.24. The second-order valence-corrected chi connectivity index (χ2v) is 5.39. The molecule has 0 aliphatic rings. The minimum Gasteiger partial charge on any atom is -0.508 e. The topological polar surface area (TPSA) is 66.8 Å². The van der Waals surface area contributed by atoms with Gasteiger partial charge in [0.05, 0.1) is 13.2 Å². The normalized spacial score (nSPS) is 12.1. The van der Waals surface area contributed by atoms with Crippen LogP contribution in [0.4, 0.5) is 0 Å². The van der Waals surface area contributed by atoms with Crippen molar-refractivity contribution >= 4 is 5.78 Å². The Bertz CT molecular complexity index is 442. The van der Waals surface area contributed by atoms with E-state index in [-0.39, 0.29) is 18.0 Å². The molecule has 0 heterocycles. The molecule has 0 saturated heterocycles. The lowest BCUT2D eigenvalue weighted by Crippen LogP contribution is -2.13. The number of aryl methyl sites for hydroxylation is 1. The van der Waals surface area contributed by atoms with Crippen molar-refractivity contribution in [1.29, 1.82) is 0 Å². The maximum atomic E-state index is 11.8. The van der Waals surface area contributed by atoms with Gasteiger partial charge < -0.3 is 14.9 Å². The van der Waals surface area contributed by atoms with E-state index in [0.29, 0.717) is 25.0 Å². The van der Waals surface area contributed by atoms with E-state index in [4.69, 9.17) is 4.74 Å². The second-order valence-electron chi connectivity index (χ2n) is 5.39. The third-order valence-electron chi connectivity index (χ3n) is 3.57. The van der Waals surface area contributed by atoms with Gasteiger partial charge in [-0.15, -0.1) is 0 Å². The van der Waals surface area contributed by atoms with Gasteiger partial charge in [0, 0.05) is 18.9 Å².